The molecule has 0 atom stereocenters. The first kappa shape index (κ1) is 12.4. The quantitative estimate of drug-likeness (QED) is 0.852. The van der Waals surface area contributed by atoms with E-state index >= 15 is 0 Å². The zero-order valence-corrected chi connectivity index (χ0v) is 10.8. The Labute approximate surface area is 105 Å². The number of nitrogen functional groups attached to an aromatic ring is 1. The maximum Gasteiger partial charge on any atom is 0.356 e. The summed E-state index contributed by atoms with van der Waals surface area (Å²) in [7, 11) is 0. The second kappa shape index (κ2) is 4.01. The number of carboxylic acids is 1. The molecule has 96 valence electrons. The molecule has 18 heavy (non-hydrogen) atoms. The first-order valence-electron chi connectivity index (χ1n) is 5.79. The SMILES string of the molecule is CC(C)(C)Cc1nc(C(=O)O)c2cccc(N)n12. The summed E-state index contributed by atoms with van der Waals surface area (Å²) in [6, 6.07) is 5.20. The third-order valence-corrected chi connectivity index (χ3v) is 2.65. The van der Waals surface area contributed by atoms with E-state index in [1.807, 2.05) is 0 Å². The Hall–Kier alpha value is -2.04. The lowest BCUT2D eigenvalue weighted by Gasteiger charge is -2.17. The molecular weight excluding hydrogens is 230 g/mol. The number of carboxylic acid groups (broad SMARTS) is 1. The Bertz CT molecular complexity index is 608. The molecule has 5 heteroatoms. The van der Waals surface area contributed by atoms with Gasteiger partial charge < -0.3 is 10.8 Å². The van der Waals surface area contributed by atoms with Crippen molar-refractivity contribution in [2.75, 3.05) is 5.73 Å². The maximum atomic E-state index is 11.2. The average Bonchev–Trinajstić information content (AvgIpc) is 2.56. The number of fused-ring (bicyclic) bond motifs is 1. The van der Waals surface area contributed by atoms with Crippen LogP contribution in [0.25, 0.3) is 5.52 Å². The third-order valence-electron chi connectivity index (χ3n) is 2.65. The number of hydrogen-bond donors (Lipinski definition) is 2. The van der Waals surface area contributed by atoms with E-state index in [1.165, 1.54) is 0 Å². The largest absolute Gasteiger partial charge is 0.476 e. The van der Waals surface area contributed by atoms with E-state index in [2.05, 4.69) is 25.8 Å². The minimum atomic E-state index is -1.03. The van der Waals surface area contributed by atoms with Crippen LogP contribution in [0.5, 0.6) is 0 Å². The Kier molecular flexibility index (Phi) is 2.77. The first-order chi connectivity index (χ1) is 8.29. The van der Waals surface area contributed by atoms with Gasteiger partial charge in [-0.1, -0.05) is 26.8 Å². The average molecular weight is 247 g/mol. The Morgan fingerprint density at radius 1 is 1.44 bits per heavy atom. The number of carbonyl (C=O) groups is 1. The van der Waals surface area contributed by atoms with Crippen molar-refractivity contribution in [2.24, 2.45) is 5.41 Å². The van der Waals surface area contributed by atoms with Gasteiger partial charge in [-0.3, -0.25) is 4.40 Å². The number of hydrogen-bond acceptors (Lipinski definition) is 3. The zero-order chi connectivity index (χ0) is 13.5. The number of aromatic carboxylic acids is 1. The molecule has 2 rings (SSSR count). The fourth-order valence-corrected chi connectivity index (χ4v) is 1.99. The van der Waals surface area contributed by atoms with Crippen molar-refractivity contribution >= 4 is 17.3 Å². The van der Waals surface area contributed by atoms with Gasteiger partial charge in [-0.05, 0) is 17.5 Å². The molecule has 0 aliphatic carbocycles. The Balaban J connectivity index is 2.70. The van der Waals surface area contributed by atoms with Crippen LogP contribution >= 0.6 is 0 Å². The summed E-state index contributed by atoms with van der Waals surface area (Å²) >= 11 is 0. The molecule has 3 N–H and O–H groups in total. The molecule has 0 radical (unpaired) electrons. The Morgan fingerprint density at radius 2 is 2.11 bits per heavy atom. The van der Waals surface area contributed by atoms with Crippen LogP contribution in [0.2, 0.25) is 0 Å². The number of nitrogens with two attached hydrogens (primary N) is 1. The van der Waals surface area contributed by atoms with E-state index in [9.17, 15) is 4.79 Å². The summed E-state index contributed by atoms with van der Waals surface area (Å²) in [5.41, 5.74) is 6.53. The molecule has 2 aromatic heterocycles. The van der Waals surface area contributed by atoms with E-state index < -0.39 is 5.97 Å². The molecule has 0 unspecified atom stereocenters. The molecule has 0 fully saturated rings. The summed E-state index contributed by atoms with van der Waals surface area (Å²) in [6.07, 6.45) is 0.662. The number of rotatable bonds is 2. The second-order valence-corrected chi connectivity index (χ2v) is 5.59. The highest BCUT2D eigenvalue weighted by Crippen LogP contribution is 2.24. The zero-order valence-electron chi connectivity index (χ0n) is 10.8. The van der Waals surface area contributed by atoms with E-state index in [4.69, 9.17) is 10.8 Å². The standard InChI is InChI=1S/C13H17N3O2/c1-13(2,3)7-10-15-11(12(17)18)8-5-4-6-9(14)16(8)10/h4-6H,7,14H2,1-3H3,(H,17,18). The topological polar surface area (TPSA) is 80.6 Å². The minimum Gasteiger partial charge on any atom is -0.476 e. The molecule has 0 aromatic carbocycles. The fraction of sp³-hybridized carbons (Fsp3) is 0.385. The molecule has 0 aliphatic rings. The summed E-state index contributed by atoms with van der Waals surface area (Å²) in [5, 5.41) is 9.17. The van der Waals surface area contributed by atoms with Crippen molar-refractivity contribution < 1.29 is 9.90 Å². The van der Waals surface area contributed by atoms with Gasteiger partial charge in [0, 0.05) is 6.42 Å². The van der Waals surface area contributed by atoms with Gasteiger partial charge in [0.1, 0.15) is 11.6 Å². The monoisotopic (exact) mass is 247 g/mol. The molecule has 0 saturated heterocycles. The van der Waals surface area contributed by atoms with Crippen LogP contribution in [-0.2, 0) is 6.42 Å². The van der Waals surface area contributed by atoms with Gasteiger partial charge in [-0.15, -0.1) is 0 Å². The summed E-state index contributed by atoms with van der Waals surface area (Å²) in [5.74, 6) is 0.165. The smallest absolute Gasteiger partial charge is 0.356 e. The highest BCUT2D eigenvalue weighted by Gasteiger charge is 2.21. The number of anilines is 1. The Morgan fingerprint density at radius 3 is 2.67 bits per heavy atom. The van der Waals surface area contributed by atoms with Crippen LogP contribution in [0, 0.1) is 5.41 Å². The van der Waals surface area contributed by atoms with E-state index in [0.29, 0.717) is 23.6 Å². The molecule has 5 nitrogen and oxygen atoms in total. The molecule has 2 heterocycles. The summed E-state index contributed by atoms with van der Waals surface area (Å²) in [4.78, 5) is 15.4. The van der Waals surface area contributed by atoms with Crippen molar-refractivity contribution in [2.45, 2.75) is 27.2 Å². The van der Waals surface area contributed by atoms with Gasteiger partial charge in [0.05, 0.1) is 5.52 Å². The summed E-state index contributed by atoms with van der Waals surface area (Å²) in [6.45, 7) is 6.23. The molecular formula is C13H17N3O2. The predicted octanol–water partition coefficient (Wildman–Crippen LogP) is 2.20. The van der Waals surface area contributed by atoms with Crippen LogP contribution in [0.1, 0.15) is 37.1 Å². The van der Waals surface area contributed by atoms with E-state index in [1.54, 1.807) is 22.6 Å². The highest BCUT2D eigenvalue weighted by atomic mass is 16.4. The van der Waals surface area contributed by atoms with E-state index in [-0.39, 0.29) is 11.1 Å². The van der Waals surface area contributed by atoms with Gasteiger partial charge in [0.2, 0.25) is 0 Å². The van der Waals surface area contributed by atoms with Gasteiger partial charge in [0.15, 0.2) is 5.69 Å². The molecule has 2 aromatic rings. The van der Waals surface area contributed by atoms with Crippen LogP contribution in [0.3, 0.4) is 0 Å². The lowest BCUT2D eigenvalue weighted by molar-refractivity contribution is 0.0693. The number of nitrogens with zero attached hydrogens (tertiary/aromatic N) is 2. The van der Waals surface area contributed by atoms with Crippen molar-refractivity contribution in [1.82, 2.24) is 9.38 Å². The lowest BCUT2D eigenvalue weighted by atomic mass is 9.92. The number of pyridine rings is 1. The van der Waals surface area contributed by atoms with Crippen LogP contribution in [0.4, 0.5) is 5.82 Å². The maximum absolute atomic E-state index is 11.2. The van der Waals surface area contributed by atoms with Crippen molar-refractivity contribution in [1.29, 1.82) is 0 Å². The van der Waals surface area contributed by atoms with Gasteiger partial charge >= 0.3 is 5.97 Å². The van der Waals surface area contributed by atoms with Gasteiger partial charge in [0.25, 0.3) is 0 Å². The normalized spacial score (nSPS) is 11.9. The van der Waals surface area contributed by atoms with E-state index in [0.717, 1.165) is 0 Å². The highest BCUT2D eigenvalue weighted by molar-refractivity contribution is 5.94. The number of imidazole rings is 1. The van der Waals surface area contributed by atoms with Crippen LogP contribution in [0.15, 0.2) is 18.2 Å². The van der Waals surface area contributed by atoms with Crippen LogP contribution < -0.4 is 5.73 Å². The van der Waals surface area contributed by atoms with Crippen LogP contribution in [-0.4, -0.2) is 20.5 Å². The third kappa shape index (κ3) is 2.16. The molecule has 0 aliphatic heterocycles. The fourth-order valence-electron chi connectivity index (χ4n) is 1.99. The second-order valence-electron chi connectivity index (χ2n) is 5.59. The molecule has 0 bridgehead atoms. The van der Waals surface area contributed by atoms with Crippen molar-refractivity contribution in [3.05, 3.63) is 29.7 Å². The van der Waals surface area contributed by atoms with Crippen molar-refractivity contribution in [3.63, 3.8) is 0 Å². The molecule has 0 saturated carbocycles. The number of aromatic nitrogens is 2. The minimum absolute atomic E-state index is 0.0132. The molecule has 0 spiro atoms. The lowest BCUT2D eigenvalue weighted by Crippen LogP contribution is -2.13. The van der Waals surface area contributed by atoms with Crippen molar-refractivity contribution in [3.8, 4) is 0 Å². The van der Waals surface area contributed by atoms with Gasteiger partial charge in [-0.25, -0.2) is 9.78 Å². The van der Waals surface area contributed by atoms with Gasteiger partial charge in [-0.2, -0.15) is 0 Å². The first-order valence-corrected chi connectivity index (χ1v) is 5.79. The summed E-state index contributed by atoms with van der Waals surface area (Å²) < 4.78 is 1.72. The predicted molar refractivity (Wildman–Crippen MR) is 69.7 cm³/mol. The molecule has 0 amide bonds.